The van der Waals surface area contributed by atoms with Gasteiger partial charge in [-0.25, -0.2) is 0 Å². The molecule has 3 saturated carbocycles. The third-order valence-corrected chi connectivity index (χ3v) is 6.23. The minimum atomic E-state index is 0. The second-order valence-corrected chi connectivity index (χ2v) is 7.40. The zero-order valence-corrected chi connectivity index (χ0v) is 15.5. The van der Waals surface area contributed by atoms with Gasteiger partial charge in [0.15, 0.2) is 0 Å². The van der Waals surface area contributed by atoms with Crippen LogP contribution in [0.5, 0.6) is 0 Å². The number of hydrogen-bond acceptors (Lipinski definition) is 2. The Hall–Kier alpha value is 1.34. The molecular weight excluding hydrogens is 367 g/mol. The summed E-state index contributed by atoms with van der Waals surface area (Å²) in [6.45, 7) is 7.10. The first-order valence-corrected chi connectivity index (χ1v) is 8.21. The first-order chi connectivity index (χ1) is 6.98. The van der Waals surface area contributed by atoms with Crippen molar-refractivity contribution in [2.75, 3.05) is 0 Å². The van der Waals surface area contributed by atoms with Crippen molar-refractivity contribution in [3.63, 3.8) is 0 Å². The van der Waals surface area contributed by atoms with Gasteiger partial charge in [-0.2, -0.15) is 0 Å². The van der Waals surface area contributed by atoms with E-state index in [4.69, 9.17) is 9.31 Å². The van der Waals surface area contributed by atoms with Crippen molar-refractivity contribution in [3.8, 4) is 0 Å². The fraction of sp³-hybridized carbons (Fsp3) is 1.00. The van der Waals surface area contributed by atoms with Crippen LogP contribution in [0.25, 0.3) is 0 Å². The fourth-order valence-corrected chi connectivity index (χ4v) is 4.61. The van der Waals surface area contributed by atoms with Crippen LogP contribution < -0.4 is 24.0 Å². The minimum absolute atomic E-state index is 0. The van der Waals surface area contributed by atoms with Crippen LogP contribution in [0.1, 0.15) is 33.6 Å². The van der Waals surface area contributed by atoms with Gasteiger partial charge < -0.3 is 24.0 Å². The molecule has 16 heavy (non-hydrogen) atoms. The van der Waals surface area contributed by atoms with E-state index in [-0.39, 0.29) is 36.7 Å². The standard InChI is InChI=1S/C11H18BO2.HI.Zn/c1-10(2)7-5-8(10)11(3)9(6-7)13-12(4)14-11;;/h7-9H,4-6H2,1-3H3;1H;/q;;+1/p-1/t7-,8-,9+,11-;;/m0../s1. The summed E-state index contributed by atoms with van der Waals surface area (Å²) in [5, 5.41) is 0. The second-order valence-electron chi connectivity index (χ2n) is 6.19. The first kappa shape index (κ1) is 13.8. The molecule has 3 aliphatic carbocycles. The van der Waals surface area contributed by atoms with E-state index in [0.717, 1.165) is 10.8 Å². The molecular formula is C11H18BIO2Zn. The molecule has 0 radical (unpaired) electrons. The molecule has 0 unspecified atom stereocenters. The number of rotatable bonds is 1. The third-order valence-electron chi connectivity index (χ3n) is 5.24. The molecule has 0 aromatic heterocycles. The van der Waals surface area contributed by atoms with Gasteiger partial charge in [-0.1, -0.05) is 0 Å². The summed E-state index contributed by atoms with van der Waals surface area (Å²) < 4.78 is 12.2. The van der Waals surface area contributed by atoms with Gasteiger partial charge in [-0.3, -0.25) is 0 Å². The zero-order chi connectivity index (χ0) is 10.8. The van der Waals surface area contributed by atoms with Crippen molar-refractivity contribution < 1.29 is 51.6 Å². The van der Waals surface area contributed by atoms with Crippen LogP contribution in [0.15, 0.2) is 0 Å². The summed E-state index contributed by atoms with van der Waals surface area (Å²) in [6.07, 6.45) is 2.96. The van der Waals surface area contributed by atoms with Gasteiger partial charge in [-0.15, -0.1) is 0 Å². The topological polar surface area (TPSA) is 18.5 Å². The molecule has 4 atom stereocenters. The maximum Gasteiger partial charge on any atom is -1.00 e. The van der Waals surface area contributed by atoms with Crippen molar-refractivity contribution in [1.29, 1.82) is 0 Å². The quantitative estimate of drug-likeness (QED) is 0.436. The van der Waals surface area contributed by atoms with Crippen LogP contribution >= 0.6 is 0 Å². The predicted molar refractivity (Wildman–Crippen MR) is 54.9 cm³/mol. The molecule has 1 saturated heterocycles. The Balaban J connectivity index is 0.000000963. The Morgan fingerprint density at radius 1 is 1.31 bits per heavy atom. The molecule has 0 N–H and O–H groups in total. The van der Waals surface area contributed by atoms with Gasteiger partial charge in [0, 0.05) is 0 Å². The van der Waals surface area contributed by atoms with Gasteiger partial charge in [0.1, 0.15) is 0 Å². The molecule has 4 aliphatic rings. The normalized spacial score (nSPS) is 48.1. The molecule has 2 bridgehead atoms. The Bertz CT molecular complexity index is 302. The van der Waals surface area contributed by atoms with E-state index in [1.54, 1.807) is 0 Å². The van der Waals surface area contributed by atoms with Crippen molar-refractivity contribution in [2.24, 2.45) is 17.3 Å². The van der Waals surface area contributed by atoms with E-state index >= 15 is 0 Å². The van der Waals surface area contributed by atoms with Crippen LogP contribution in [-0.4, -0.2) is 18.8 Å². The van der Waals surface area contributed by atoms with Gasteiger partial charge in [0.05, 0.1) is 0 Å². The smallest absolute Gasteiger partial charge is 1.00 e. The summed E-state index contributed by atoms with van der Waals surface area (Å²) in [5.74, 6) is 1.58. The van der Waals surface area contributed by atoms with Crippen LogP contribution in [0.3, 0.4) is 0 Å². The maximum atomic E-state index is 6.20. The van der Waals surface area contributed by atoms with Gasteiger partial charge in [0.2, 0.25) is 0 Å². The summed E-state index contributed by atoms with van der Waals surface area (Å²) in [4.78, 5) is 1.10. The molecule has 4 fully saturated rings. The molecule has 2 nitrogen and oxygen atoms in total. The van der Waals surface area contributed by atoms with Gasteiger partial charge in [0.25, 0.3) is 0 Å². The Labute approximate surface area is 125 Å². The van der Waals surface area contributed by atoms with E-state index in [1.165, 1.54) is 31.1 Å². The Kier molecular flexibility index (Phi) is 3.59. The number of halogens is 1. The largest absolute Gasteiger partial charge is 1.00 e. The SMILES string of the molecule is CC1(C)[C@@H]2C[C@H]3OB([CH2][Zn+])O[C@@]3(C)[C@H]1C2.[I-]. The van der Waals surface area contributed by atoms with E-state index in [1.807, 2.05) is 0 Å². The first-order valence-electron chi connectivity index (χ1n) is 6.11. The van der Waals surface area contributed by atoms with E-state index < -0.39 is 0 Å². The van der Waals surface area contributed by atoms with Crippen LogP contribution in [0, 0.1) is 17.3 Å². The van der Waals surface area contributed by atoms with E-state index in [2.05, 4.69) is 20.8 Å². The molecule has 0 spiro atoms. The van der Waals surface area contributed by atoms with Crippen molar-refractivity contribution >= 4 is 7.12 Å². The molecule has 0 aromatic carbocycles. The van der Waals surface area contributed by atoms with Crippen LogP contribution in [0.4, 0.5) is 0 Å². The molecule has 0 amide bonds. The average Bonchev–Trinajstić information content (AvgIpc) is 2.53. The molecule has 86 valence electrons. The van der Waals surface area contributed by atoms with Crippen molar-refractivity contribution in [1.82, 2.24) is 0 Å². The molecule has 1 aliphatic heterocycles. The van der Waals surface area contributed by atoms with Crippen LogP contribution in [0.2, 0.25) is 4.91 Å². The van der Waals surface area contributed by atoms with E-state index in [9.17, 15) is 0 Å². The minimum Gasteiger partial charge on any atom is -1.00 e. The third kappa shape index (κ3) is 1.60. The average molecular weight is 385 g/mol. The molecule has 5 heteroatoms. The summed E-state index contributed by atoms with van der Waals surface area (Å²) in [5.41, 5.74) is 0.499. The molecule has 0 aromatic rings. The second kappa shape index (κ2) is 4.18. The van der Waals surface area contributed by atoms with Crippen molar-refractivity contribution in [2.45, 2.75) is 50.2 Å². The number of hydrogen-bond donors (Lipinski definition) is 0. The maximum absolute atomic E-state index is 6.20. The van der Waals surface area contributed by atoms with E-state index in [0.29, 0.717) is 17.4 Å². The Morgan fingerprint density at radius 3 is 2.56 bits per heavy atom. The van der Waals surface area contributed by atoms with Gasteiger partial charge >= 0.3 is 102 Å². The summed E-state index contributed by atoms with van der Waals surface area (Å²) in [7, 11) is 0.107. The van der Waals surface area contributed by atoms with Gasteiger partial charge in [-0.05, 0) is 0 Å². The van der Waals surface area contributed by atoms with Crippen molar-refractivity contribution in [3.05, 3.63) is 0 Å². The monoisotopic (exact) mass is 384 g/mol. The molecule has 4 rings (SSSR count). The molecule has 1 heterocycles. The summed E-state index contributed by atoms with van der Waals surface area (Å²) >= 11 is 1.27. The fourth-order valence-electron chi connectivity index (χ4n) is 4.08. The summed E-state index contributed by atoms with van der Waals surface area (Å²) in [6, 6.07) is 0. The Morgan fingerprint density at radius 2 is 2.00 bits per heavy atom. The predicted octanol–water partition coefficient (Wildman–Crippen LogP) is -0.777. The zero-order valence-electron chi connectivity index (χ0n) is 10.3. The van der Waals surface area contributed by atoms with Crippen LogP contribution in [-0.2, 0) is 27.6 Å².